The molecule has 1 aromatic heterocycles. The van der Waals surface area contributed by atoms with Crippen molar-refractivity contribution >= 4 is 11.6 Å². The second-order valence-corrected chi connectivity index (χ2v) is 2.66. The van der Waals surface area contributed by atoms with Crippen LogP contribution in [0.3, 0.4) is 0 Å². The first-order chi connectivity index (χ1) is 5.18. The highest BCUT2D eigenvalue weighted by molar-refractivity contribution is 6.29. The van der Waals surface area contributed by atoms with Gasteiger partial charge in [0.05, 0.1) is 12.3 Å². The molecule has 1 radical (unpaired) electrons. The van der Waals surface area contributed by atoms with E-state index in [9.17, 15) is 0 Å². The highest BCUT2D eigenvalue weighted by Crippen LogP contribution is 2.08. The van der Waals surface area contributed by atoms with Gasteiger partial charge in [-0.05, 0) is 13.8 Å². The van der Waals surface area contributed by atoms with Gasteiger partial charge in [0, 0.05) is 6.07 Å². The maximum Gasteiger partial charge on any atom is 0.318 e. The molecule has 0 atom stereocenters. The van der Waals surface area contributed by atoms with E-state index >= 15 is 0 Å². The zero-order valence-electron chi connectivity index (χ0n) is 6.34. The molecule has 0 aliphatic heterocycles. The predicted octanol–water partition coefficient (Wildman–Crippen LogP) is 1.72. The summed E-state index contributed by atoms with van der Waals surface area (Å²) in [4.78, 5) is 7.55. The summed E-state index contributed by atoms with van der Waals surface area (Å²) in [6, 6.07) is 1.75. The summed E-state index contributed by atoms with van der Waals surface area (Å²) in [7, 11) is 0. The van der Waals surface area contributed by atoms with Gasteiger partial charge in [0.2, 0.25) is 0 Å². The van der Waals surface area contributed by atoms with E-state index in [1.165, 1.54) is 6.07 Å². The molecule has 0 aromatic carbocycles. The van der Waals surface area contributed by atoms with Crippen LogP contribution < -0.4 is 4.74 Å². The number of hydrogen-bond donors (Lipinski definition) is 0. The van der Waals surface area contributed by atoms with E-state index in [-0.39, 0.29) is 12.1 Å². The lowest BCUT2D eigenvalue weighted by Gasteiger charge is -2.05. The third-order valence-corrected chi connectivity index (χ3v) is 1.08. The molecule has 0 fully saturated rings. The first-order valence-corrected chi connectivity index (χ1v) is 3.63. The molecule has 0 bridgehead atoms. The van der Waals surface area contributed by atoms with Crippen LogP contribution in [-0.2, 0) is 0 Å². The van der Waals surface area contributed by atoms with Crippen LogP contribution in [0.4, 0.5) is 0 Å². The Balaban J connectivity index is 2.71. The molecule has 0 spiro atoms. The molecule has 3 nitrogen and oxygen atoms in total. The Labute approximate surface area is 70.4 Å². The Kier molecular flexibility index (Phi) is 2.65. The van der Waals surface area contributed by atoms with E-state index in [0.717, 1.165) is 0 Å². The van der Waals surface area contributed by atoms with Crippen molar-refractivity contribution in [1.29, 1.82) is 0 Å². The highest BCUT2D eigenvalue weighted by Gasteiger charge is 2.00. The molecule has 0 N–H and O–H groups in total. The van der Waals surface area contributed by atoms with Crippen molar-refractivity contribution in [3.8, 4) is 6.01 Å². The number of ether oxygens (including phenoxy) is 1. The zero-order valence-corrected chi connectivity index (χ0v) is 7.09. The molecular formula is C7H8ClN2O. The molecular weight excluding hydrogens is 164 g/mol. The largest absolute Gasteiger partial charge is 0.461 e. The van der Waals surface area contributed by atoms with Crippen molar-refractivity contribution in [3.05, 3.63) is 17.4 Å². The first kappa shape index (κ1) is 8.27. The molecule has 1 rings (SSSR count). The average Bonchev–Trinajstić information content (AvgIpc) is 1.85. The monoisotopic (exact) mass is 171 g/mol. The molecule has 11 heavy (non-hydrogen) atoms. The van der Waals surface area contributed by atoms with Crippen LogP contribution in [0.1, 0.15) is 13.8 Å². The Bertz CT molecular complexity index is 240. The van der Waals surface area contributed by atoms with Crippen LogP contribution in [0, 0.1) is 6.20 Å². The minimum Gasteiger partial charge on any atom is -0.461 e. The van der Waals surface area contributed by atoms with Gasteiger partial charge in [-0.25, -0.2) is 0 Å². The fourth-order valence-corrected chi connectivity index (χ4v) is 0.674. The van der Waals surface area contributed by atoms with E-state index < -0.39 is 0 Å². The van der Waals surface area contributed by atoms with Gasteiger partial charge in [-0.15, -0.1) is 0 Å². The van der Waals surface area contributed by atoms with Gasteiger partial charge < -0.3 is 4.74 Å². The quantitative estimate of drug-likeness (QED) is 0.636. The van der Waals surface area contributed by atoms with Crippen molar-refractivity contribution in [3.63, 3.8) is 0 Å². The molecule has 0 saturated heterocycles. The van der Waals surface area contributed by atoms with Crippen molar-refractivity contribution in [2.75, 3.05) is 0 Å². The number of hydrogen-bond acceptors (Lipinski definition) is 3. The summed E-state index contributed by atoms with van der Waals surface area (Å²) in [5.41, 5.74) is 0. The highest BCUT2D eigenvalue weighted by atomic mass is 35.5. The van der Waals surface area contributed by atoms with E-state index in [4.69, 9.17) is 16.3 Å². The molecule has 0 saturated carbocycles. The van der Waals surface area contributed by atoms with Gasteiger partial charge in [-0.2, -0.15) is 9.97 Å². The maximum absolute atomic E-state index is 5.57. The molecule has 1 heterocycles. The molecule has 0 amide bonds. The molecule has 59 valence electrons. The summed E-state index contributed by atoms with van der Waals surface area (Å²) in [6.45, 7) is 3.79. The van der Waals surface area contributed by atoms with Crippen LogP contribution in [-0.4, -0.2) is 16.1 Å². The fraction of sp³-hybridized carbons (Fsp3) is 0.429. The van der Waals surface area contributed by atoms with Gasteiger partial charge in [-0.1, -0.05) is 11.6 Å². The summed E-state index contributed by atoms with van der Waals surface area (Å²) in [5.74, 6) is 0. The van der Waals surface area contributed by atoms with Gasteiger partial charge in [-0.3, -0.25) is 0 Å². The third kappa shape index (κ3) is 2.72. The standard InChI is InChI=1S/C7H8ClN2O/c1-5(2)11-7-9-4-3-6(8)10-7/h3,5H,1-2H3. The van der Waals surface area contributed by atoms with Crippen molar-refractivity contribution in [2.45, 2.75) is 20.0 Å². The van der Waals surface area contributed by atoms with E-state index in [1.54, 1.807) is 0 Å². The molecule has 4 heteroatoms. The fourth-order valence-electron chi connectivity index (χ4n) is 0.553. The summed E-state index contributed by atoms with van der Waals surface area (Å²) >= 11 is 5.57. The van der Waals surface area contributed by atoms with E-state index in [1.807, 2.05) is 13.8 Å². The smallest absolute Gasteiger partial charge is 0.318 e. The van der Waals surface area contributed by atoms with Crippen LogP contribution in [0.25, 0.3) is 0 Å². The maximum atomic E-state index is 5.57. The topological polar surface area (TPSA) is 35.0 Å². The number of rotatable bonds is 2. The number of aromatic nitrogens is 2. The Hall–Kier alpha value is -0.830. The van der Waals surface area contributed by atoms with Crippen LogP contribution in [0.15, 0.2) is 6.07 Å². The van der Waals surface area contributed by atoms with E-state index in [2.05, 4.69) is 16.2 Å². The lowest BCUT2D eigenvalue weighted by atomic mass is 10.5. The summed E-state index contributed by atoms with van der Waals surface area (Å²) in [5, 5.41) is 0.343. The second-order valence-electron chi connectivity index (χ2n) is 2.27. The molecule has 0 unspecified atom stereocenters. The minimum absolute atomic E-state index is 0.0573. The molecule has 1 aromatic rings. The third-order valence-electron chi connectivity index (χ3n) is 0.887. The molecule has 0 aliphatic rings. The SMILES string of the molecule is CC(C)Oc1n[c]cc(Cl)n1. The first-order valence-electron chi connectivity index (χ1n) is 3.26. The summed E-state index contributed by atoms with van der Waals surface area (Å²) in [6.07, 6.45) is 2.62. The molecule has 0 aliphatic carbocycles. The average molecular weight is 172 g/mol. The van der Waals surface area contributed by atoms with E-state index in [0.29, 0.717) is 5.15 Å². The van der Waals surface area contributed by atoms with Crippen LogP contribution >= 0.6 is 11.6 Å². The van der Waals surface area contributed by atoms with Gasteiger partial charge in [0.15, 0.2) is 0 Å². The Morgan fingerprint density at radius 2 is 2.36 bits per heavy atom. The number of halogens is 1. The van der Waals surface area contributed by atoms with Crippen molar-refractivity contribution in [1.82, 2.24) is 9.97 Å². The van der Waals surface area contributed by atoms with Gasteiger partial charge in [0.1, 0.15) is 5.15 Å². The lowest BCUT2D eigenvalue weighted by Crippen LogP contribution is -2.08. The summed E-state index contributed by atoms with van der Waals surface area (Å²) < 4.78 is 5.16. The number of nitrogens with zero attached hydrogens (tertiary/aromatic N) is 2. The van der Waals surface area contributed by atoms with Crippen molar-refractivity contribution in [2.24, 2.45) is 0 Å². The van der Waals surface area contributed by atoms with Crippen molar-refractivity contribution < 1.29 is 4.74 Å². The second kappa shape index (κ2) is 3.53. The van der Waals surface area contributed by atoms with Gasteiger partial charge in [0.25, 0.3) is 0 Å². The van der Waals surface area contributed by atoms with Gasteiger partial charge >= 0.3 is 6.01 Å². The predicted molar refractivity (Wildman–Crippen MR) is 41.6 cm³/mol. The zero-order chi connectivity index (χ0) is 8.27. The van der Waals surface area contributed by atoms with Crippen LogP contribution in [0.2, 0.25) is 5.15 Å². The Morgan fingerprint density at radius 1 is 1.64 bits per heavy atom. The lowest BCUT2D eigenvalue weighted by molar-refractivity contribution is 0.222. The Morgan fingerprint density at radius 3 is 2.91 bits per heavy atom. The minimum atomic E-state index is 0.0573. The normalized spacial score (nSPS) is 10.2. The van der Waals surface area contributed by atoms with Crippen LogP contribution in [0.5, 0.6) is 6.01 Å².